The number of ether oxygens (including phenoxy) is 1. The Hall–Kier alpha value is 0.350. The highest BCUT2D eigenvalue weighted by Gasteiger charge is 2.09. The molecule has 0 aliphatic carbocycles. The third-order valence-corrected chi connectivity index (χ3v) is 3.71. The van der Waals surface area contributed by atoms with Gasteiger partial charge in [-0.05, 0) is 18.8 Å². The molecule has 0 atom stereocenters. The van der Waals surface area contributed by atoms with Gasteiger partial charge in [0.15, 0.2) is 0 Å². The maximum atomic E-state index is 11.5. The van der Waals surface area contributed by atoms with Crippen molar-refractivity contribution in [3.8, 4) is 0 Å². The minimum atomic E-state index is -3.08. The Morgan fingerprint density at radius 1 is 1.31 bits per heavy atom. The van der Waals surface area contributed by atoms with E-state index in [0.29, 0.717) is 38.5 Å². The fourth-order valence-electron chi connectivity index (χ4n) is 1.02. The van der Waals surface area contributed by atoms with E-state index in [1.54, 1.807) is 0 Å². The van der Waals surface area contributed by atoms with Gasteiger partial charge in [0.25, 0.3) is 0 Å². The molecule has 4 nitrogen and oxygen atoms in total. The zero-order chi connectivity index (χ0) is 12.4. The predicted octanol–water partition coefficient (Wildman–Crippen LogP) is 1.75. The van der Waals surface area contributed by atoms with Crippen LogP contribution in [0.1, 0.15) is 26.7 Å². The monoisotopic (exact) mass is 315 g/mol. The molecule has 0 bridgehead atoms. The minimum Gasteiger partial charge on any atom is -0.381 e. The smallest absolute Gasteiger partial charge is 0.211 e. The first-order valence-corrected chi connectivity index (χ1v) is 8.36. The fourth-order valence-corrected chi connectivity index (χ4v) is 2.63. The van der Waals surface area contributed by atoms with Crippen molar-refractivity contribution in [2.75, 3.05) is 30.8 Å². The summed E-state index contributed by atoms with van der Waals surface area (Å²) in [5, 5.41) is 0.813. The van der Waals surface area contributed by atoms with Gasteiger partial charge in [-0.25, -0.2) is 13.1 Å². The molecule has 6 heteroatoms. The highest BCUT2D eigenvalue weighted by Crippen LogP contribution is 2.01. The molecule has 0 fully saturated rings. The molecule has 0 aliphatic rings. The van der Waals surface area contributed by atoms with Gasteiger partial charge in [0.1, 0.15) is 0 Å². The molecule has 0 radical (unpaired) electrons. The van der Waals surface area contributed by atoms with E-state index in [9.17, 15) is 8.42 Å². The second-order valence-electron chi connectivity index (χ2n) is 4.05. The van der Waals surface area contributed by atoms with Gasteiger partial charge in [-0.3, -0.25) is 0 Å². The molecule has 16 heavy (non-hydrogen) atoms. The van der Waals surface area contributed by atoms with Crippen molar-refractivity contribution < 1.29 is 13.2 Å². The Morgan fingerprint density at radius 3 is 2.56 bits per heavy atom. The van der Waals surface area contributed by atoms with E-state index in [1.807, 2.05) is 13.8 Å². The summed E-state index contributed by atoms with van der Waals surface area (Å²) < 4.78 is 30.7. The van der Waals surface area contributed by atoms with Crippen LogP contribution in [0.3, 0.4) is 0 Å². The first kappa shape index (κ1) is 16.4. The zero-order valence-corrected chi connectivity index (χ0v) is 12.4. The third-order valence-electron chi connectivity index (χ3n) is 1.97. The Labute approximate surface area is 107 Å². The van der Waals surface area contributed by atoms with Gasteiger partial charge in [0.2, 0.25) is 10.0 Å². The maximum Gasteiger partial charge on any atom is 0.211 e. The van der Waals surface area contributed by atoms with Gasteiger partial charge in [-0.1, -0.05) is 29.8 Å². The summed E-state index contributed by atoms with van der Waals surface area (Å²) in [6, 6.07) is 0. The molecular weight excluding hydrogens is 294 g/mol. The van der Waals surface area contributed by atoms with Crippen LogP contribution in [0.15, 0.2) is 0 Å². The lowest BCUT2D eigenvalue weighted by atomic mass is 10.2. The maximum absolute atomic E-state index is 11.5. The number of halogens is 1. The van der Waals surface area contributed by atoms with Gasteiger partial charge in [0, 0.05) is 18.5 Å². The normalized spacial score (nSPS) is 12.2. The summed E-state index contributed by atoms with van der Waals surface area (Å²) in [6.07, 6.45) is 1.42. The van der Waals surface area contributed by atoms with Crippen molar-refractivity contribution in [2.24, 2.45) is 5.92 Å². The molecule has 98 valence electrons. The van der Waals surface area contributed by atoms with Crippen molar-refractivity contribution in [3.05, 3.63) is 0 Å². The molecule has 0 heterocycles. The minimum absolute atomic E-state index is 0.215. The van der Waals surface area contributed by atoms with Crippen molar-refractivity contribution in [3.63, 3.8) is 0 Å². The second-order valence-corrected chi connectivity index (χ2v) is 6.77. The molecule has 0 saturated carbocycles. The quantitative estimate of drug-likeness (QED) is 0.493. The van der Waals surface area contributed by atoms with Crippen molar-refractivity contribution in [1.82, 2.24) is 4.72 Å². The van der Waals surface area contributed by atoms with Crippen LogP contribution in [0.5, 0.6) is 0 Å². The molecule has 0 aromatic heterocycles. The van der Waals surface area contributed by atoms with Crippen LogP contribution < -0.4 is 4.72 Å². The molecule has 0 rings (SSSR count). The molecule has 0 aromatic carbocycles. The van der Waals surface area contributed by atoms with Gasteiger partial charge in [0.05, 0.1) is 12.4 Å². The van der Waals surface area contributed by atoms with Crippen LogP contribution >= 0.6 is 15.9 Å². The summed E-state index contributed by atoms with van der Waals surface area (Å²) in [5.41, 5.74) is 0. The summed E-state index contributed by atoms with van der Waals surface area (Å²) in [5.74, 6) is 0.631. The van der Waals surface area contributed by atoms with Crippen LogP contribution in [0.2, 0.25) is 0 Å². The summed E-state index contributed by atoms with van der Waals surface area (Å²) in [6.45, 7) is 5.76. The van der Waals surface area contributed by atoms with E-state index in [1.165, 1.54) is 0 Å². The van der Waals surface area contributed by atoms with E-state index < -0.39 is 10.0 Å². The summed E-state index contributed by atoms with van der Waals surface area (Å²) in [4.78, 5) is 0. The SMILES string of the molecule is CC(C)CCS(=O)(=O)NCCCOCCBr. The lowest BCUT2D eigenvalue weighted by Gasteiger charge is -2.08. The molecule has 0 unspecified atom stereocenters. The van der Waals surface area contributed by atoms with E-state index in [-0.39, 0.29) is 5.75 Å². The van der Waals surface area contributed by atoms with E-state index in [4.69, 9.17) is 4.74 Å². The van der Waals surface area contributed by atoms with Gasteiger partial charge in [-0.2, -0.15) is 0 Å². The number of nitrogens with one attached hydrogen (secondary N) is 1. The van der Waals surface area contributed by atoms with Crippen LogP contribution in [0.25, 0.3) is 0 Å². The van der Waals surface area contributed by atoms with Gasteiger partial charge in [-0.15, -0.1) is 0 Å². The van der Waals surface area contributed by atoms with Gasteiger partial charge >= 0.3 is 0 Å². The van der Waals surface area contributed by atoms with Crippen LogP contribution in [0.4, 0.5) is 0 Å². The van der Waals surface area contributed by atoms with Crippen LogP contribution in [0, 0.1) is 5.92 Å². The molecule has 0 spiro atoms. The lowest BCUT2D eigenvalue weighted by Crippen LogP contribution is -2.28. The van der Waals surface area contributed by atoms with Crippen molar-refractivity contribution in [2.45, 2.75) is 26.7 Å². The number of hydrogen-bond donors (Lipinski definition) is 1. The Kier molecular flexibility index (Phi) is 9.59. The number of hydrogen-bond acceptors (Lipinski definition) is 3. The summed E-state index contributed by atoms with van der Waals surface area (Å²) >= 11 is 3.25. The van der Waals surface area contributed by atoms with Gasteiger partial charge < -0.3 is 4.74 Å². The summed E-state index contributed by atoms with van der Waals surface area (Å²) in [7, 11) is -3.08. The number of alkyl halides is 1. The largest absolute Gasteiger partial charge is 0.381 e. The van der Waals surface area contributed by atoms with Crippen LogP contribution in [-0.4, -0.2) is 39.3 Å². The standard InChI is InChI=1S/C10H22BrNO3S/c1-10(2)4-9-16(13,14)12-6-3-7-15-8-5-11/h10,12H,3-9H2,1-2H3. The number of rotatable bonds is 10. The first-order valence-electron chi connectivity index (χ1n) is 5.59. The van der Waals surface area contributed by atoms with Crippen molar-refractivity contribution in [1.29, 1.82) is 0 Å². The van der Waals surface area contributed by atoms with E-state index >= 15 is 0 Å². The molecule has 0 aliphatic heterocycles. The molecule has 0 saturated heterocycles. The Bertz CT molecular complexity index is 255. The van der Waals surface area contributed by atoms with E-state index in [0.717, 1.165) is 5.33 Å². The van der Waals surface area contributed by atoms with Crippen LogP contribution in [-0.2, 0) is 14.8 Å². The fraction of sp³-hybridized carbons (Fsp3) is 1.00. The second kappa shape index (κ2) is 9.39. The third kappa shape index (κ3) is 10.9. The molecule has 0 aromatic rings. The molecule has 1 N–H and O–H groups in total. The highest BCUT2D eigenvalue weighted by molar-refractivity contribution is 9.09. The Morgan fingerprint density at radius 2 is 2.00 bits per heavy atom. The Balaban J connectivity index is 3.51. The average Bonchev–Trinajstić information content (AvgIpc) is 2.21. The molecular formula is C10H22BrNO3S. The lowest BCUT2D eigenvalue weighted by molar-refractivity contribution is 0.149. The van der Waals surface area contributed by atoms with Crippen molar-refractivity contribution >= 4 is 26.0 Å². The zero-order valence-electron chi connectivity index (χ0n) is 10.0. The predicted molar refractivity (Wildman–Crippen MR) is 70.5 cm³/mol. The first-order chi connectivity index (χ1) is 7.48. The van der Waals surface area contributed by atoms with E-state index in [2.05, 4.69) is 20.7 Å². The average molecular weight is 316 g/mol. The molecule has 0 amide bonds. The number of sulfonamides is 1. The topological polar surface area (TPSA) is 55.4 Å². The highest BCUT2D eigenvalue weighted by atomic mass is 79.9.